The summed E-state index contributed by atoms with van der Waals surface area (Å²) < 4.78 is 6.00. The Morgan fingerprint density at radius 3 is 2.55 bits per heavy atom. The van der Waals surface area contributed by atoms with E-state index in [2.05, 4.69) is 10.4 Å². The first-order valence-electron chi connectivity index (χ1n) is 9.91. The summed E-state index contributed by atoms with van der Waals surface area (Å²) in [6.45, 7) is 3.55. The number of nitrogens with zero attached hydrogens (tertiary/aromatic N) is 3. The first-order chi connectivity index (χ1) is 15.8. The van der Waals surface area contributed by atoms with Gasteiger partial charge in [-0.3, -0.25) is 19.7 Å². The van der Waals surface area contributed by atoms with Crippen molar-refractivity contribution in [3.63, 3.8) is 0 Å². The van der Waals surface area contributed by atoms with Gasteiger partial charge in [0.25, 0.3) is 11.6 Å². The van der Waals surface area contributed by atoms with Gasteiger partial charge in [-0.1, -0.05) is 24.3 Å². The summed E-state index contributed by atoms with van der Waals surface area (Å²) in [4.78, 5) is 47.3. The summed E-state index contributed by atoms with van der Waals surface area (Å²) in [5, 5.41) is 18.0. The first kappa shape index (κ1) is 23.1. The van der Waals surface area contributed by atoms with Crippen molar-refractivity contribution in [3.8, 4) is 5.69 Å². The predicted molar refractivity (Wildman–Crippen MR) is 121 cm³/mol. The lowest BCUT2D eigenvalue weighted by Gasteiger charge is -2.11. The fourth-order valence-corrected chi connectivity index (χ4v) is 2.97. The van der Waals surface area contributed by atoms with E-state index in [-0.39, 0.29) is 18.0 Å². The number of carbonyl (C=O) groups is 2. The summed E-state index contributed by atoms with van der Waals surface area (Å²) in [5.74, 6) is -1.22. The van der Waals surface area contributed by atoms with E-state index in [1.165, 1.54) is 35.0 Å². The lowest BCUT2D eigenvalue weighted by molar-refractivity contribution is -0.384. The van der Waals surface area contributed by atoms with Crippen LogP contribution >= 0.6 is 0 Å². The predicted octanol–water partition coefficient (Wildman–Crippen LogP) is 3.28. The summed E-state index contributed by atoms with van der Waals surface area (Å²) in [6.07, 6.45) is 2.86. The molecule has 0 radical (unpaired) electrons. The van der Waals surface area contributed by atoms with Crippen LogP contribution in [-0.4, -0.2) is 33.2 Å². The van der Waals surface area contributed by atoms with Gasteiger partial charge < -0.3 is 10.1 Å². The first-order valence-corrected chi connectivity index (χ1v) is 9.91. The molecular weight excluding hydrogens is 428 g/mol. The van der Waals surface area contributed by atoms with Gasteiger partial charge in [0, 0.05) is 29.6 Å². The highest BCUT2D eigenvalue weighted by Crippen LogP contribution is 2.22. The monoisotopic (exact) mass is 448 g/mol. The Labute approximate surface area is 188 Å². The van der Waals surface area contributed by atoms with Crippen molar-refractivity contribution in [2.45, 2.75) is 13.8 Å². The van der Waals surface area contributed by atoms with Gasteiger partial charge >= 0.3 is 5.97 Å². The van der Waals surface area contributed by atoms with E-state index in [4.69, 9.17) is 4.74 Å². The van der Waals surface area contributed by atoms with Crippen LogP contribution in [-0.2, 0) is 9.53 Å². The van der Waals surface area contributed by atoms with Crippen molar-refractivity contribution in [1.82, 2.24) is 9.78 Å². The maximum atomic E-state index is 12.7. The third-order valence-corrected chi connectivity index (χ3v) is 4.50. The maximum absolute atomic E-state index is 12.7. The molecule has 1 amide bonds. The quantitative estimate of drug-likeness (QED) is 0.254. The molecule has 0 aliphatic heterocycles. The van der Waals surface area contributed by atoms with E-state index in [1.807, 2.05) is 0 Å². The Morgan fingerprint density at radius 2 is 1.88 bits per heavy atom. The molecule has 3 aromatic rings. The molecule has 0 fully saturated rings. The van der Waals surface area contributed by atoms with Gasteiger partial charge in [0.15, 0.2) is 5.69 Å². The van der Waals surface area contributed by atoms with Crippen molar-refractivity contribution in [2.75, 3.05) is 11.9 Å². The van der Waals surface area contributed by atoms with Gasteiger partial charge in [0.2, 0.25) is 5.43 Å². The number of para-hydroxylation sites is 2. The van der Waals surface area contributed by atoms with Crippen molar-refractivity contribution in [3.05, 3.63) is 98.0 Å². The van der Waals surface area contributed by atoms with Gasteiger partial charge in [0.1, 0.15) is 5.69 Å². The minimum absolute atomic E-state index is 0.131. The highest BCUT2D eigenvalue weighted by Gasteiger charge is 2.20. The average Bonchev–Trinajstić information content (AvgIpc) is 2.79. The van der Waals surface area contributed by atoms with Crippen molar-refractivity contribution < 1.29 is 19.2 Å². The van der Waals surface area contributed by atoms with Crippen LogP contribution in [0.3, 0.4) is 0 Å². The fourth-order valence-electron chi connectivity index (χ4n) is 2.97. The molecule has 0 saturated heterocycles. The summed E-state index contributed by atoms with van der Waals surface area (Å²) >= 11 is 0. The van der Waals surface area contributed by atoms with E-state index in [1.54, 1.807) is 50.3 Å². The molecular formula is C23H20N4O6. The Hall–Kier alpha value is -4.60. The molecule has 0 bridgehead atoms. The molecule has 0 atom stereocenters. The maximum Gasteiger partial charge on any atom is 0.330 e. The van der Waals surface area contributed by atoms with Gasteiger partial charge in [-0.25, -0.2) is 9.48 Å². The number of hydrogen-bond acceptors (Lipinski definition) is 7. The van der Waals surface area contributed by atoms with E-state index in [0.717, 1.165) is 0 Å². The van der Waals surface area contributed by atoms with Crippen molar-refractivity contribution >= 4 is 29.3 Å². The fraction of sp³-hybridized carbons (Fsp3) is 0.130. The minimum Gasteiger partial charge on any atom is -0.463 e. The summed E-state index contributed by atoms with van der Waals surface area (Å²) in [7, 11) is 0. The van der Waals surface area contributed by atoms with E-state index >= 15 is 0 Å². The largest absolute Gasteiger partial charge is 0.463 e. The number of nitro benzene ring substituents is 1. The molecule has 0 unspecified atom stereocenters. The zero-order valence-corrected chi connectivity index (χ0v) is 17.8. The van der Waals surface area contributed by atoms with Gasteiger partial charge in [-0.05, 0) is 43.7 Å². The second-order valence-electron chi connectivity index (χ2n) is 6.82. The molecule has 10 heteroatoms. The molecule has 0 saturated carbocycles. The second kappa shape index (κ2) is 10.1. The SMILES string of the molecule is CCOC(=O)/C=C/c1ccc(NC(=O)c2nn(-c3ccccc3[N+](=O)[O-])c(C)cc2=O)cc1. The van der Waals surface area contributed by atoms with Crippen molar-refractivity contribution in [1.29, 1.82) is 0 Å². The number of rotatable bonds is 7. The average molecular weight is 448 g/mol. The number of nitrogens with one attached hydrogen (secondary N) is 1. The standard InChI is InChI=1S/C23H20N4O6/c1-3-33-21(29)13-10-16-8-11-17(12-9-16)24-23(30)22-20(28)14-15(2)26(25-22)18-6-4-5-7-19(18)27(31)32/h4-14H,3H2,1-2H3,(H,24,30)/b13-10+. The van der Waals surface area contributed by atoms with Crippen LogP contribution in [0.5, 0.6) is 0 Å². The smallest absolute Gasteiger partial charge is 0.330 e. The Kier molecular flexibility index (Phi) is 7.09. The van der Waals surface area contributed by atoms with Crippen LogP contribution in [0.4, 0.5) is 11.4 Å². The number of aromatic nitrogens is 2. The number of carbonyl (C=O) groups excluding carboxylic acids is 2. The van der Waals surface area contributed by atoms with Gasteiger partial charge in [-0.2, -0.15) is 5.10 Å². The third kappa shape index (κ3) is 5.56. The molecule has 0 aliphatic rings. The van der Waals surface area contributed by atoms with Crippen LogP contribution < -0.4 is 10.7 Å². The normalized spacial score (nSPS) is 10.7. The summed E-state index contributed by atoms with van der Waals surface area (Å²) in [5.41, 5.74) is 0.323. The van der Waals surface area contributed by atoms with Gasteiger partial charge in [-0.15, -0.1) is 0 Å². The van der Waals surface area contributed by atoms with Gasteiger partial charge in [0.05, 0.1) is 11.5 Å². The molecule has 1 heterocycles. The van der Waals surface area contributed by atoms with E-state index in [9.17, 15) is 24.5 Å². The molecule has 0 spiro atoms. The Morgan fingerprint density at radius 1 is 1.18 bits per heavy atom. The third-order valence-electron chi connectivity index (χ3n) is 4.50. The number of ether oxygens (including phenoxy) is 1. The molecule has 1 aromatic heterocycles. The van der Waals surface area contributed by atoms with E-state index in [0.29, 0.717) is 16.9 Å². The van der Waals surface area contributed by atoms with Crippen LogP contribution in [0.1, 0.15) is 28.7 Å². The lowest BCUT2D eigenvalue weighted by Crippen LogP contribution is -2.27. The number of esters is 1. The molecule has 168 valence electrons. The topological polar surface area (TPSA) is 133 Å². The Bertz CT molecular complexity index is 1300. The van der Waals surface area contributed by atoms with Crippen LogP contribution in [0.15, 0.2) is 65.5 Å². The number of amides is 1. The van der Waals surface area contributed by atoms with Crippen LogP contribution in [0.25, 0.3) is 11.8 Å². The molecule has 3 rings (SSSR count). The molecule has 0 aliphatic carbocycles. The number of aryl methyl sites for hydroxylation is 1. The highest BCUT2D eigenvalue weighted by molar-refractivity contribution is 6.02. The lowest BCUT2D eigenvalue weighted by atomic mass is 10.2. The number of anilines is 1. The molecule has 1 N–H and O–H groups in total. The molecule has 2 aromatic carbocycles. The van der Waals surface area contributed by atoms with Crippen molar-refractivity contribution in [2.24, 2.45) is 0 Å². The molecule has 33 heavy (non-hydrogen) atoms. The van der Waals surface area contributed by atoms with Crippen LogP contribution in [0, 0.1) is 17.0 Å². The zero-order chi connectivity index (χ0) is 24.0. The zero-order valence-electron chi connectivity index (χ0n) is 17.8. The Balaban J connectivity index is 1.85. The summed E-state index contributed by atoms with van der Waals surface area (Å²) in [6, 6.07) is 13.6. The number of benzene rings is 2. The molecule has 10 nitrogen and oxygen atoms in total. The number of nitro groups is 1. The second-order valence-corrected chi connectivity index (χ2v) is 6.82. The highest BCUT2D eigenvalue weighted by atomic mass is 16.6. The minimum atomic E-state index is -0.762. The number of hydrogen-bond donors (Lipinski definition) is 1. The van der Waals surface area contributed by atoms with Crippen LogP contribution in [0.2, 0.25) is 0 Å². The van der Waals surface area contributed by atoms with E-state index < -0.39 is 27.9 Å².